The van der Waals surface area contributed by atoms with Crippen LogP contribution in [0.25, 0.3) is 0 Å². The molecule has 0 aliphatic carbocycles. The fraction of sp³-hybridized carbons (Fsp3) is 0.545. The van der Waals surface area contributed by atoms with Gasteiger partial charge in [-0.2, -0.15) is 0 Å². The number of hydrogen-bond donors (Lipinski definition) is 0. The zero-order chi connectivity index (χ0) is 11.4. The van der Waals surface area contributed by atoms with Crippen molar-refractivity contribution in [1.29, 1.82) is 0 Å². The number of rotatable bonds is 2. The molecule has 0 saturated carbocycles. The van der Waals surface area contributed by atoms with Crippen LogP contribution in [0.4, 0.5) is 4.79 Å². The molecule has 0 aromatic heterocycles. The Morgan fingerprint density at radius 2 is 1.86 bits per heavy atom. The lowest BCUT2D eigenvalue weighted by Gasteiger charge is -2.24. The van der Waals surface area contributed by atoms with Crippen molar-refractivity contribution in [3.05, 3.63) is 12.7 Å². The zero-order valence-corrected chi connectivity index (χ0v) is 9.09. The lowest BCUT2D eigenvalue weighted by molar-refractivity contribution is -0.0287. The van der Waals surface area contributed by atoms with Gasteiger partial charge in [0.25, 0.3) is 0 Å². The lowest BCUT2D eigenvalue weighted by atomic mass is 10.1. The number of carbonyl (C=O) groups excluding carboxylic acids is 1. The predicted molar refractivity (Wildman–Crippen MR) is 54.8 cm³/mol. The van der Waals surface area contributed by atoms with Gasteiger partial charge in [-0.25, -0.2) is 4.79 Å². The molecule has 0 saturated heterocycles. The summed E-state index contributed by atoms with van der Waals surface area (Å²) in [5.74, 6) is 2.30. The highest BCUT2D eigenvalue weighted by Gasteiger charge is 2.26. The summed E-state index contributed by atoms with van der Waals surface area (Å²) in [5.41, 5.74) is -1.70. The van der Waals surface area contributed by atoms with E-state index in [1.807, 2.05) is 0 Å². The summed E-state index contributed by atoms with van der Waals surface area (Å²) >= 11 is 0. The maximum Gasteiger partial charge on any atom is 0.510 e. The summed E-state index contributed by atoms with van der Waals surface area (Å²) in [6.07, 6.45) is 5.75. The average molecular weight is 196 g/mol. The van der Waals surface area contributed by atoms with E-state index in [2.05, 4.69) is 12.5 Å². The van der Waals surface area contributed by atoms with Gasteiger partial charge in [0.1, 0.15) is 5.60 Å². The van der Waals surface area contributed by atoms with Crippen molar-refractivity contribution in [3.63, 3.8) is 0 Å². The Bertz CT molecular complexity index is 267. The smallest absolute Gasteiger partial charge is 0.429 e. The van der Waals surface area contributed by atoms with Crippen molar-refractivity contribution < 1.29 is 14.3 Å². The van der Waals surface area contributed by atoms with E-state index in [0.717, 1.165) is 0 Å². The molecule has 0 spiro atoms. The maximum absolute atomic E-state index is 11.2. The second-order valence-electron chi connectivity index (χ2n) is 4.02. The van der Waals surface area contributed by atoms with E-state index >= 15 is 0 Å². The third kappa shape index (κ3) is 4.56. The number of hydrogen-bond acceptors (Lipinski definition) is 3. The highest BCUT2D eigenvalue weighted by Crippen LogP contribution is 2.15. The molecule has 0 bridgehead atoms. The SMILES string of the molecule is C#CC(C)(C=C)OC(=O)OC(C)(C)C. The van der Waals surface area contributed by atoms with Gasteiger partial charge in [-0.3, -0.25) is 0 Å². The molecular weight excluding hydrogens is 180 g/mol. The Morgan fingerprint density at radius 1 is 1.36 bits per heavy atom. The van der Waals surface area contributed by atoms with Gasteiger partial charge < -0.3 is 9.47 Å². The Hall–Kier alpha value is -1.43. The molecule has 0 N–H and O–H groups in total. The van der Waals surface area contributed by atoms with E-state index in [1.54, 1.807) is 27.7 Å². The third-order valence-electron chi connectivity index (χ3n) is 1.36. The van der Waals surface area contributed by atoms with Crippen LogP contribution in [0, 0.1) is 12.3 Å². The highest BCUT2D eigenvalue weighted by molar-refractivity contribution is 5.62. The molecule has 0 radical (unpaired) electrons. The summed E-state index contributed by atoms with van der Waals surface area (Å²) in [4.78, 5) is 11.2. The van der Waals surface area contributed by atoms with E-state index < -0.39 is 17.4 Å². The van der Waals surface area contributed by atoms with Crippen LogP contribution in [0.15, 0.2) is 12.7 Å². The van der Waals surface area contributed by atoms with Crippen LogP contribution in [0.1, 0.15) is 27.7 Å². The quantitative estimate of drug-likeness (QED) is 0.387. The van der Waals surface area contributed by atoms with Crippen molar-refractivity contribution in [2.45, 2.75) is 38.9 Å². The molecule has 3 nitrogen and oxygen atoms in total. The van der Waals surface area contributed by atoms with Gasteiger partial charge in [-0.05, 0) is 33.8 Å². The van der Waals surface area contributed by atoms with Crippen LogP contribution in [0.5, 0.6) is 0 Å². The normalized spacial score (nSPS) is 14.8. The molecule has 0 fully saturated rings. The van der Waals surface area contributed by atoms with E-state index in [0.29, 0.717) is 0 Å². The standard InChI is InChI=1S/C11H16O3/c1-7-11(6,8-2)14-9(12)13-10(3,4)5/h1,8H,2H2,3-6H3. The number of terminal acetylenes is 1. The third-order valence-corrected chi connectivity index (χ3v) is 1.36. The highest BCUT2D eigenvalue weighted by atomic mass is 16.7. The molecule has 0 aromatic carbocycles. The summed E-state index contributed by atoms with van der Waals surface area (Å²) in [7, 11) is 0. The van der Waals surface area contributed by atoms with Gasteiger partial charge in [0.15, 0.2) is 5.60 Å². The van der Waals surface area contributed by atoms with Crippen LogP contribution in [0.3, 0.4) is 0 Å². The Kier molecular flexibility index (Phi) is 3.76. The van der Waals surface area contributed by atoms with Crippen molar-refractivity contribution in [2.24, 2.45) is 0 Å². The Morgan fingerprint density at radius 3 is 2.14 bits per heavy atom. The molecule has 0 amide bonds. The minimum absolute atomic E-state index is 0.590. The second-order valence-corrected chi connectivity index (χ2v) is 4.02. The lowest BCUT2D eigenvalue weighted by Crippen LogP contribution is -2.32. The van der Waals surface area contributed by atoms with Crippen molar-refractivity contribution >= 4 is 6.16 Å². The van der Waals surface area contributed by atoms with Gasteiger partial charge >= 0.3 is 6.16 Å². The predicted octanol–water partition coefficient (Wildman–Crippen LogP) is 2.52. The molecule has 78 valence electrons. The Balaban J connectivity index is 4.35. The zero-order valence-electron chi connectivity index (χ0n) is 9.09. The molecule has 0 heterocycles. The van der Waals surface area contributed by atoms with Crippen LogP contribution < -0.4 is 0 Å². The van der Waals surface area contributed by atoms with Gasteiger partial charge in [0.2, 0.25) is 0 Å². The first kappa shape index (κ1) is 12.6. The molecule has 0 aliphatic heterocycles. The first-order valence-electron chi connectivity index (χ1n) is 4.26. The largest absolute Gasteiger partial charge is 0.510 e. The van der Waals surface area contributed by atoms with Gasteiger partial charge in [-0.1, -0.05) is 12.5 Å². The van der Waals surface area contributed by atoms with Gasteiger partial charge in [-0.15, -0.1) is 6.42 Å². The molecular formula is C11H16O3. The van der Waals surface area contributed by atoms with Crippen molar-refractivity contribution in [2.75, 3.05) is 0 Å². The molecule has 1 unspecified atom stereocenters. The summed E-state index contributed by atoms with van der Waals surface area (Å²) in [6, 6.07) is 0. The Labute approximate surface area is 85.1 Å². The van der Waals surface area contributed by atoms with E-state index in [4.69, 9.17) is 15.9 Å². The van der Waals surface area contributed by atoms with Crippen LogP contribution in [0.2, 0.25) is 0 Å². The summed E-state index contributed by atoms with van der Waals surface area (Å²) in [6.45, 7) is 10.3. The minimum Gasteiger partial charge on any atom is -0.429 e. The minimum atomic E-state index is -1.11. The fourth-order valence-corrected chi connectivity index (χ4v) is 0.574. The molecule has 0 aromatic rings. The van der Waals surface area contributed by atoms with E-state index in [9.17, 15) is 4.79 Å². The van der Waals surface area contributed by atoms with Crippen molar-refractivity contribution in [3.8, 4) is 12.3 Å². The molecule has 1 atom stereocenters. The average Bonchev–Trinajstić information content (AvgIpc) is 2.00. The van der Waals surface area contributed by atoms with Gasteiger partial charge in [0.05, 0.1) is 0 Å². The molecule has 0 aliphatic rings. The first-order chi connectivity index (χ1) is 6.22. The topological polar surface area (TPSA) is 35.5 Å². The van der Waals surface area contributed by atoms with E-state index in [-0.39, 0.29) is 0 Å². The number of ether oxygens (including phenoxy) is 2. The van der Waals surface area contributed by atoms with Crippen LogP contribution in [-0.4, -0.2) is 17.4 Å². The van der Waals surface area contributed by atoms with E-state index in [1.165, 1.54) is 6.08 Å². The summed E-state index contributed by atoms with van der Waals surface area (Å²) < 4.78 is 9.83. The first-order valence-corrected chi connectivity index (χ1v) is 4.26. The maximum atomic E-state index is 11.2. The molecule has 0 rings (SSSR count). The summed E-state index contributed by atoms with van der Waals surface area (Å²) in [5, 5.41) is 0. The van der Waals surface area contributed by atoms with Gasteiger partial charge in [0, 0.05) is 0 Å². The number of carbonyl (C=O) groups is 1. The molecule has 14 heavy (non-hydrogen) atoms. The second kappa shape index (κ2) is 4.19. The van der Waals surface area contributed by atoms with Crippen LogP contribution in [-0.2, 0) is 9.47 Å². The van der Waals surface area contributed by atoms with Crippen LogP contribution >= 0.6 is 0 Å². The van der Waals surface area contributed by atoms with Crippen molar-refractivity contribution in [1.82, 2.24) is 0 Å². The fourth-order valence-electron chi connectivity index (χ4n) is 0.574. The molecule has 3 heteroatoms. The monoisotopic (exact) mass is 196 g/mol.